The van der Waals surface area contributed by atoms with Gasteiger partial charge in [0.05, 0.1) is 23.8 Å². The van der Waals surface area contributed by atoms with Gasteiger partial charge < -0.3 is 4.74 Å². The Bertz CT molecular complexity index is 503. The first-order valence-electron chi connectivity index (χ1n) is 4.31. The summed E-state index contributed by atoms with van der Waals surface area (Å²) < 4.78 is 27.9. The highest BCUT2D eigenvalue weighted by atomic mass is 32.2. The van der Waals surface area contributed by atoms with Gasteiger partial charge in [-0.15, -0.1) is 0 Å². The molecule has 0 aliphatic rings. The molecule has 0 fully saturated rings. The van der Waals surface area contributed by atoms with Crippen molar-refractivity contribution in [2.75, 3.05) is 12.9 Å². The fraction of sp³-hybridized carbons (Fsp3) is 0.333. The van der Waals surface area contributed by atoms with Gasteiger partial charge in [-0.25, -0.2) is 8.42 Å². The molecule has 0 aliphatic heterocycles. The standard InChI is InChI=1S/C9H11N2O3S/c1-3-15(12,13)7-4-5-9(14-2)8(6-7)11-10/h4-6H,3H2,1-2H3/q+1. The molecule has 0 atom stereocenters. The summed E-state index contributed by atoms with van der Waals surface area (Å²) in [5.74, 6) is 0.331. The lowest BCUT2D eigenvalue weighted by molar-refractivity contribution is 0.417. The van der Waals surface area contributed by atoms with Crippen molar-refractivity contribution in [3.05, 3.63) is 23.2 Å². The third-order valence-electron chi connectivity index (χ3n) is 2.00. The normalized spacial score (nSPS) is 10.7. The topological polar surface area (TPSA) is 71.5 Å². The minimum absolute atomic E-state index is 0.00416. The lowest BCUT2D eigenvalue weighted by Gasteiger charge is -2.00. The Morgan fingerprint density at radius 3 is 2.60 bits per heavy atom. The monoisotopic (exact) mass is 227 g/mol. The van der Waals surface area contributed by atoms with E-state index in [-0.39, 0.29) is 16.3 Å². The van der Waals surface area contributed by atoms with Crippen LogP contribution in [0.5, 0.6) is 5.75 Å². The molecular weight excluding hydrogens is 216 g/mol. The van der Waals surface area contributed by atoms with Gasteiger partial charge in [-0.1, -0.05) is 6.92 Å². The van der Waals surface area contributed by atoms with E-state index in [0.29, 0.717) is 5.75 Å². The Hall–Kier alpha value is -1.61. The van der Waals surface area contributed by atoms with Crippen molar-refractivity contribution in [2.24, 2.45) is 0 Å². The van der Waals surface area contributed by atoms with Crippen LogP contribution >= 0.6 is 0 Å². The van der Waals surface area contributed by atoms with Crippen molar-refractivity contribution in [1.82, 2.24) is 0 Å². The molecule has 0 heterocycles. The average molecular weight is 227 g/mol. The third kappa shape index (κ3) is 2.25. The summed E-state index contributed by atoms with van der Waals surface area (Å²) in [6, 6.07) is 4.15. The second-order valence-corrected chi connectivity index (χ2v) is 5.12. The molecule has 1 rings (SSSR count). The Kier molecular flexibility index (Phi) is 3.27. The van der Waals surface area contributed by atoms with Crippen molar-refractivity contribution in [3.8, 4) is 5.75 Å². The van der Waals surface area contributed by atoms with E-state index in [9.17, 15) is 8.42 Å². The van der Waals surface area contributed by atoms with E-state index in [1.54, 1.807) is 6.92 Å². The molecule has 80 valence electrons. The smallest absolute Gasteiger partial charge is 0.427 e. The Morgan fingerprint density at radius 1 is 1.47 bits per heavy atom. The number of nitrogens with zero attached hydrogens (tertiary/aromatic N) is 2. The molecular formula is C9H11N2O3S+. The van der Waals surface area contributed by atoms with Crippen LogP contribution in [0.2, 0.25) is 0 Å². The highest BCUT2D eigenvalue weighted by Crippen LogP contribution is 2.30. The second-order valence-electron chi connectivity index (χ2n) is 2.84. The quantitative estimate of drug-likeness (QED) is 0.740. The van der Waals surface area contributed by atoms with Gasteiger partial charge in [0.1, 0.15) is 0 Å². The summed E-state index contributed by atoms with van der Waals surface area (Å²) >= 11 is 0. The summed E-state index contributed by atoms with van der Waals surface area (Å²) in [7, 11) is -1.87. The number of ether oxygens (including phenoxy) is 1. The Morgan fingerprint density at radius 2 is 2.13 bits per heavy atom. The summed E-state index contributed by atoms with van der Waals surface area (Å²) in [6.07, 6.45) is 0. The fourth-order valence-electron chi connectivity index (χ4n) is 1.11. The van der Waals surface area contributed by atoms with Crippen LogP contribution < -0.4 is 4.74 Å². The first-order valence-corrected chi connectivity index (χ1v) is 5.96. The van der Waals surface area contributed by atoms with Crippen LogP contribution in [0.25, 0.3) is 4.98 Å². The van der Waals surface area contributed by atoms with E-state index in [2.05, 4.69) is 4.98 Å². The maximum absolute atomic E-state index is 11.5. The number of diazo groups is 1. The number of sulfone groups is 1. The van der Waals surface area contributed by atoms with E-state index in [0.717, 1.165) is 0 Å². The van der Waals surface area contributed by atoms with Gasteiger partial charge in [-0.3, -0.25) is 0 Å². The van der Waals surface area contributed by atoms with E-state index < -0.39 is 9.84 Å². The van der Waals surface area contributed by atoms with Crippen molar-refractivity contribution in [1.29, 1.82) is 5.39 Å². The lowest BCUT2D eigenvalue weighted by atomic mass is 10.3. The number of hydrogen-bond acceptors (Lipinski definition) is 4. The molecule has 0 amide bonds. The van der Waals surface area contributed by atoms with Gasteiger partial charge in [0, 0.05) is 0 Å². The molecule has 0 radical (unpaired) electrons. The van der Waals surface area contributed by atoms with Crippen LogP contribution in [0, 0.1) is 5.39 Å². The number of benzene rings is 1. The van der Waals surface area contributed by atoms with Crippen molar-refractivity contribution in [2.45, 2.75) is 11.8 Å². The molecule has 0 saturated heterocycles. The maximum atomic E-state index is 11.5. The van der Waals surface area contributed by atoms with Crippen LogP contribution in [-0.4, -0.2) is 21.3 Å². The molecule has 0 bridgehead atoms. The Balaban J connectivity index is 3.34. The van der Waals surface area contributed by atoms with Crippen LogP contribution in [0.1, 0.15) is 6.92 Å². The number of rotatable bonds is 3. The van der Waals surface area contributed by atoms with Crippen LogP contribution in [0.4, 0.5) is 5.69 Å². The van der Waals surface area contributed by atoms with E-state index in [1.807, 2.05) is 0 Å². The second kappa shape index (κ2) is 4.28. The molecule has 6 heteroatoms. The van der Waals surface area contributed by atoms with E-state index >= 15 is 0 Å². The van der Waals surface area contributed by atoms with Crippen LogP contribution in [0.3, 0.4) is 0 Å². The fourth-order valence-corrected chi connectivity index (χ4v) is 2.01. The third-order valence-corrected chi connectivity index (χ3v) is 3.73. The predicted octanol–water partition coefficient (Wildman–Crippen LogP) is 1.97. The first-order chi connectivity index (χ1) is 7.05. The molecule has 0 unspecified atom stereocenters. The van der Waals surface area contributed by atoms with Crippen molar-refractivity contribution >= 4 is 15.5 Å². The molecule has 5 nitrogen and oxygen atoms in total. The summed E-state index contributed by atoms with van der Waals surface area (Å²) in [5, 5.41) is 8.66. The average Bonchev–Trinajstić information content (AvgIpc) is 2.28. The number of hydrogen-bond donors (Lipinski definition) is 0. The molecule has 0 saturated carbocycles. The largest absolute Gasteiger partial charge is 0.489 e. The van der Waals surface area contributed by atoms with E-state index in [1.165, 1.54) is 25.3 Å². The highest BCUT2D eigenvalue weighted by molar-refractivity contribution is 7.91. The minimum Gasteiger partial charge on any atom is -0.489 e. The van der Waals surface area contributed by atoms with Gasteiger partial charge in [0.2, 0.25) is 11.1 Å². The van der Waals surface area contributed by atoms with Crippen LogP contribution in [0.15, 0.2) is 23.1 Å². The van der Waals surface area contributed by atoms with Gasteiger partial charge in [0.25, 0.3) is 0 Å². The van der Waals surface area contributed by atoms with Crippen LogP contribution in [-0.2, 0) is 9.84 Å². The number of methoxy groups -OCH3 is 1. The predicted molar refractivity (Wildman–Crippen MR) is 55.5 cm³/mol. The molecule has 0 aliphatic carbocycles. The van der Waals surface area contributed by atoms with E-state index in [4.69, 9.17) is 10.1 Å². The van der Waals surface area contributed by atoms with Gasteiger partial charge in [-0.2, -0.15) is 0 Å². The van der Waals surface area contributed by atoms with Gasteiger partial charge in [-0.05, 0) is 12.1 Å². The lowest BCUT2D eigenvalue weighted by Crippen LogP contribution is -2.03. The molecule has 0 spiro atoms. The zero-order valence-electron chi connectivity index (χ0n) is 8.47. The molecule has 15 heavy (non-hydrogen) atoms. The summed E-state index contributed by atoms with van der Waals surface area (Å²) in [4.78, 5) is 3.08. The molecule has 1 aromatic rings. The van der Waals surface area contributed by atoms with Gasteiger partial charge in [0.15, 0.2) is 14.8 Å². The van der Waals surface area contributed by atoms with Crippen molar-refractivity contribution in [3.63, 3.8) is 0 Å². The molecule has 0 aromatic heterocycles. The summed E-state index contributed by atoms with van der Waals surface area (Å²) in [5.41, 5.74) is 0.104. The SMILES string of the molecule is CCS(=O)(=O)c1ccc(OC)c([N+]#N)c1. The minimum atomic E-state index is -3.28. The maximum Gasteiger partial charge on any atom is 0.427 e. The highest BCUT2D eigenvalue weighted by Gasteiger charge is 2.20. The molecule has 0 N–H and O–H groups in total. The molecule has 1 aromatic carbocycles. The zero-order chi connectivity index (χ0) is 11.5. The Labute approximate surface area is 88.2 Å². The van der Waals surface area contributed by atoms with Gasteiger partial charge >= 0.3 is 5.69 Å². The summed E-state index contributed by atoms with van der Waals surface area (Å²) in [6.45, 7) is 1.55. The first kappa shape index (κ1) is 11.5. The zero-order valence-corrected chi connectivity index (χ0v) is 9.28. The van der Waals surface area contributed by atoms with Crippen molar-refractivity contribution < 1.29 is 13.2 Å².